The van der Waals surface area contributed by atoms with Gasteiger partial charge in [0, 0.05) is 16.4 Å². The summed E-state index contributed by atoms with van der Waals surface area (Å²) >= 11 is 2.94. The Hall–Kier alpha value is -1.80. The largest absolute Gasteiger partial charge is 0.347 e. The SMILES string of the molecule is O=C(CNC(=O)C12CC3CC(CC(C3)C1)C2)Nc1nnc(-c2ccsc2)s1. The average molecular weight is 403 g/mol. The predicted molar refractivity (Wildman–Crippen MR) is 105 cm³/mol. The summed E-state index contributed by atoms with van der Waals surface area (Å²) in [6, 6.07) is 1.97. The van der Waals surface area contributed by atoms with E-state index in [0.717, 1.165) is 29.8 Å². The Bertz CT molecular complexity index is 826. The van der Waals surface area contributed by atoms with Crippen LogP contribution in [0, 0.1) is 23.2 Å². The van der Waals surface area contributed by atoms with Crippen LogP contribution in [0.2, 0.25) is 0 Å². The highest BCUT2D eigenvalue weighted by atomic mass is 32.1. The number of hydrogen-bond donors (Lipinski definition) is 2. The fraction of sp³-hybridized carbons (Fsp3) is 0.579. The quantitative estimate of drug-likeness (QED) is 0.801. The van der Waals surface area contributed by atoms with Crippen LogP contribution in [0.25, 0.3) is 10.6 Å². The third kappa shape index (κ3) is 3.29. The molecule has 0 saturated heterocycles. The Labute approximate surface area is 165 Å². The van der Waals surface area contributed by atoms with Gasteiger partial charge in [0.05, 0.1) is 6.54 Å². The summed E-state index contributed by atoms with van der Waals surface area (Å²) in [4.78, 5) is 25.2. The third-order valence-corrected chi connectivity index (χ3v) is 7.94. The van der Waals surface area contributed by atoms with Crippen LogP contribution in [0.15, 0.2) is 16.8 Å². The Kier molecular flexibility index (Phi) is 4.27. The molecule has 4 bridgehead atoms. The minimum Gasteiger partial charge on any atom is -0.347 e. The maximum Gasteiger partial charge on any atom is 0.245 e. The highest BCUT2D eigenvalue weighted by Crippen LogP contribution is 2.60. The maximum atomic E-state index is 12.9. The molecule has 8 heteroatoms. The standard InChI is InChI=1S/C19H22N4O2S2/c24-15(21-18-23-22-16(27-18)14-1-2-26-10-14)9-20-17(25)19-6-11-3-12(7-19)5-13(4-11)8-19/h1-2,10-13H,3-9H2,(H,20,25)(H,21,23,24). The number of carbonyl (C=O) groups excluding carboxylic acids is 2. The first-order chi connectivity index (χ1) is 13.1. The fourth-order valence-corrected chi connectivity index (χ4v) is 7.15. The summed E-state index contributed by atoms with van der Waals surface area (Å²) in [5.41, 5.74) is 0.789. The molecule has 2 heterocycles. The molecule has 6 nitrogen and oxygen atoms in total. The second-order valence-electron chi connectivity index (χ2n) is 8.35. The molecule has 2 amide bonds. The van der Waals surface area contributed by atoms with Crippen molar-refractivity contribution in [1.29, 1.82) is 0 Å². The van der Waals surface area contributed by atoms with E-state index in [9.17, 15) is 9.59 Å². The molecule has 4 fully saturated rings. The summed E-state index contributed by atoms with van der Waals surface area (Å²) < 4.78 is 0. The molecule has 0 unspecified atom stereocenters. The molecule has 0 aromatic carbocycles. The second kappa shape index (κ2) is 6.67. The molecule has 6 rings (SSSR count). The number of nitrogens with zero attached hydrogens (tertiary/aromatic N) is 2. The van der Waals surface area contributed by atoms with E-state index in [0.29, 0.717) is 22.9 Å². The number of thiophene rings is 1. The van der Waals surface area contributed by atoms with E-state index < -0.39 is 0 Å². The van der Waals surface area contributed by atoms with Gasteiger partial charge in [0.2, 0.25) is 16.9 Å². The third-order valence-electron chi connectivity index (χ3n) is 6.37. The molecule has 4 saturated carbocycles. The van der Waals surface area contributed by atoms with Crippen LogP contribution in [0.3, 0.4) is 0 Å². The Morgan fingerprint density at radius 1 is 1.11 bits per heavy atom. The summed E-state index contributed by atoms with van der Waals surface area (Å²) in [5, 5.41) is 19.0. The van der Waals surface area contributed by atoms with Gasteiger partial charge in [-0.25, -0.2) is 0 Å². The molecule has 0 radical (unpaired) electrons. The molecule has 0 spiro atoms. The maximum absolute atomic E-state index is 12.9. The Morgan fingerprint density at radius 2 is 1.81 bits per heavy atom. The van der Waals surface area contributed by atoms with Gasteiger partial charge >= 0.3 is 0 Å². The lowest BCUT2D eigenvalue weighted by molar-refractivity contribution is -0.146. The van der Waals surface area contributed by atoms with Gasteiger partial charge in [-0.1, -0.05) is 11.3 Å². The van der Waals surface area contributed by atoms with Gasteiger partial charge in [0.25, 0.3) is 0 Å². The first kappa shape index (κ1) is 17.3. The first-order valence-electron chi connectivity index (χ1n) is 9.54. The number of rotatable bonds is 5. The molecule has 2 aromatic heterocycles. The van der Waals surface area contributed by atoms with Crippen molar-refractivity contribution in [2.75, 3.05) is 11.9 Å². The molecular weight excluding hydrogens is 380 g/mol. The molecule has 4 aliphatic rings. The summed E-state index contributed by atoms with van der Waals surface area (Å²) in [6.07, 6.45) is 6.93. The molecule has 0 atom stereocenters. The van der Waals surface area contributed by atoms with Gasteiger partial charge in [0.15, 0.2) is 0 Å². The predicted octanol–water partition coefficient (Wildman–Crippen LogP) is 3.54. The molecular formula is C19H22N4O2S2. The molecule has 2 aromatic rings. The van der Waals surface area contributed by atoms with Crippen molar-refractivity contribution in [2.45, 2.75) is 38.5 Å². The number of anilines is 1. The topological polar surface area (TPSA) is 84.0 Å². The smallest absolute Gasteiger partial charge is 0.245 e. The van der Waals surface area contributed by atoms with Crippen LogP contribution >= 0.6 is 22.7 Å². The minimum atomic E-state index is -0.249. The van der Waals surface area contributed by atoms with Crippen molar-refractivity contribution in [2.24, 2.45) is 23.2 Å². The van der Waals surface area contributed by atoms with E-state index in [-0.39, 0.29) is 23.8 Å². The Morgan fingerprint density at radius 3 is 2.44 bits per heavy atom. The summed E-state index contributed by atoms with van der Waals surface area (Å²) in [5.74, 6) is 1.97. The Balaban J connectivity index is 1.17. The number of nitrogens with one attached hydrogen (secondary N) is 2. The molecule has 4 aliphatic carbocycles. The average Bonchev–Trinajstić information content (AvgIpc) is 3.30. The van der Waals surface area contributed by atoms with Crippen LogP contribution in [0.5, 0.6) is 0 Å². The van der Waals surface area contributed by atoms with E-state index in [1.54, 1.807) is 11.3 Å². The zero-order valence-corrected chi connectivity index (χ0v) is 16.6. The lowest BCUT2D eigenvalue weighted by Gasteiger charge is -2.55. The molecule has 2 N–H and O–H groups in total. The molecule has 0 aliphatic heterocycles. The number of amides is 2. The van der Waals surface area contributed by atoms with E-state index in [1.165, 1.54) is 30.6 Å². The van der Waals surface area contributed by atoms with Crippen molar-refractivity contribution in [3.05, 3.63) is 16.8 Å². The van der Waals surface area contributed by atoms with Crippen molar-refractivity contribution in [3.8, 4) is 10.6 Å². The zero-order valence-electron chi connectivity index (χ0n) is 14.9. The van der Waals surface area contributed by atoms with Gasteiger partial charge in [-0.15, -0.1) is 10.2 Å². The van der Waals surface area contributed by atoms with E-state index in [2.05, 4.69) is 20.8 Å². The first-order valence-corrected chi connectivity index (χ1v) is 11.3. The summed E-state index contributed by atoms with van der Waals surface area (Å²) in [7, 11) is 0. The molecule has 27 heavy (non-hydrogen) atoms. The lowest BCUT2D eigenvalue weighted by atomic mass is 9.49. The fourth-order valence-electron chi connectivity index (χ4n) is 5.68. The van der Waals surface area contributed by atoms with Crippen molar-refractivity contribution >= 4 is 39.6 Å². The van der Waals surface area contributed by atoms with Gasteiger partial charge < -0.3 is 5.32 Å². The minimum absolute atomic E-state index is 0.00600. The van der Waals surface area contributed by atoms with Gasteiger partial charge in [0.1, 0.15) is 5.01 Å². The van der Waals surface area contributed by atoms with Crippen LogP contribution in [0.4, 0.5) is 5.13 Å². The van der Waals surface area contributed by atoms with E-state index in [1.807, 2.05) is 16.8 Å². The summed E-state index contributed by atoms with van der Waals surface area (Å²) in [6.45, 7) is -0.00600. The van der Waals surface area contributed by atoms with Gasteiger partial charge in [-0.2, -0.15) is 11.3 Å². The van der Waals surface area contributed by atoms with Crippen molar-refractivity contribution in [3.63, 3.8) is 0 Å². The van der Waals surface area contributed by atoms with Crippen LogP contribution < -0.4 is 10.6 Å². The lowest BCUT2D eigenvalue weighted by Crippen LogP contribution is -2.54. The van der Waals surface area contributed by atoms with Crippen LogP contribution in [-0.4, -0.2) is 28.6 Å². The van der Waals surface area contributed by atoms with Gasteiger partial charge in [-0.05, 0) is 67.7 Å². The monoisotopic (exact) mass is 402 g/mol. The van der Waals surface area contributed by atoms with E-state index in [4.69, 9.17) is 0 Å². The second-order valence-corrected chi connectivity index (χ2v) is 10.1. The van der Waals surface area contributed by atoms with Crippen molar-refractivity contribution in [1.82, 2.24) is 15.5 Å². The number of aromatic nitrogens is 2. The van der Waals surface area contributed by atoms with Crippen molar-refractivity contribution < 1.29 is 9.59 Å². The van der Waals surface area contributed by atoms with Crippen LogP contribution in [-0.2, 0) is 9.59 Å². The number of hydrogen-bond acceptors (Lipinski definition) is 6. The highest BCUT2D eigenvalue weighted by Gasteiger charge is 2.54. The van der Waals surface area contributed by atoms with E-state index >= 15 is 0 Å². The normalized spacial score (nSPS) is 31.0. The van der Waals surface area contributed by atoms with Crippen LogP contribution in [0.1, 0.15) is 38.5 Å². The molecule has 142 valence electrons. The van der Waals surface area contributed by atoms with Gasteiger partial charge in [-0.3, -0.25) is 14.9 Å². The zero-order chi connectivity index (χ0) is 18.4. The number of carbonyl (C=O) groups is 2. The highest BCUT2D eigenvalue weighted by molar-refractivity contribution is 7.19.